The van der Waals surface area contributed by atoms with Crippen molar-refractivity contribution in [2.75, 3.05) is 18.6 Å². The average Bonchev–Trinajstić information content (AvgIpc) is 2.45. The van der Waals surface area contributed by atoms with E-state index in [1.54, 1.807) is 19.1 Å². The molecule has 0 unspecified atom stereocenters. The minimum Gasteiger partial charge on any atom is -0.465 e. The van der Waals surface area contributed by atoms with Gasteiger partial charge in [-0.25, -0.2) is 4.98 Å². The molecule has 0 aliphatic heterocycles. The van der Waals surface area contributed by atoms with Crippen LogP contribution in [0.15, 0.2) is 18.3 Å². The summed E-state index contributed by atoms with van der Waals surface area (Å²) >= 11 is 0. The number of anilines is 1. The maximum Gasteiger partial charge on any atom is 0.325 e. The Kier molecular flexibility index (Phi) is 5.91. The highest BCUT2D eigenvalue weighted by molar-refractivity contribution is 5.76. The molecular formula is C14H23N3O3. The van der Waals surface area contributed by atoms with E-state index in [1.807, 2.05) is 11.9 Å². The quantitative estimate of drug-likeness (QED) is 0.752. The van der Waals surface area contributed by atoms with E-state index in [0.29, 0.717) is 11.6 Å². The fraction of sp³-hybridized carbons (Fsp3) is 0.571. The van der Waals surface area contributed by atoms with Crippen LogP contribution in [0.2, 0.25) is 0 Å². The lowest BCUT2D eigenvalue weighted by Gasteiger charge is -2.23. The third kappa shape index (κ3) is 3.91. The number of carbonyl (C=O) groups is 1. The van der Waals surface area contributed by atoms with Crippen molar-refractivity contribution < 1.29 is 14.6 Å². The fourth-order valence-electron chi connectivity index (χ4n) is 1.62. The van der Waals surface area contributed by atoms with Gasteiger partial charge in [-0.2, -0.15) is 0 Å². The predicted molar refractivity (Wildman–Crippen MR) is 77.3 cm³/mol. The Labute approximate surface area is 119 Å². The van der Waals surface area contributed by atoms with Crippen LogP contribution in [0.25, 0.3) is 0 Å². The standard InChI is InChI=1S/C14H23N3O3/c1-5-20-14(19)12(15)13(18)10-6-7-11(16-8-10)17(4)9(2)3/h6-9,12-13,18H,5,15H2,1-4H3/t12-,13+/m0/s1. The van der Waals surface area contributed by atoms with Gasteiger partial charge in [-0.1, -0.05) is 6.07 Å². The molecule has 1 aromatic rings. The fourth-order valence-corrected chi connectivity index (χ4v) is 1.62. The van der Waals surface area contributed by atoms with Crippen molar-refractivity contribution in [2.45, 2.75) is 39.0 Å². The normalized spacial score (nSPS) is 13.9. The van der Waals surface area contributed by atoms with Gasteiger partial charge in [0.1, 0.15) is 18.0 Å². The van der Waals surface area contributed by atoms with Crippen molar-refractivity contribution in [3.05, 3.63) is 23.9 Å². The summed E-state index contributed by atoms with van der Waals surface area (Å²) in [6.07, 6.45) is 0.401. The van der Waals surface area contributed by atoms with Crippen LogP contribution in [0.5, 0.6) is 0 Å². The van der Waals surface area contributed by atoms with Gasteiger partial charge in [0.25, 0.3) is 0 Å². The van der Waals surface area contributed by atoms with Crippen molar-refractivity contribution in [3.63, 3.8) is 0 Å². The second-order valence-corrected chi connectivity index (χ2v) is 4.88. The van der Waals surface area contributed by atoms with Gasteiger partial charge in [0.2, 0.25) is 0 Å². The maximum atomic E-state index is 11.5. The van der Waals surface area contributed by atoms with E-state index < -0.39 is 18.1 Å². The number of nitrogens with two attached hydrogens (primary N) is 1. The van der Waals surface area contributed by atoms with Crippen molar-refractivity contribution in [1.82, 2.24) is 4.98 Å². The number of aromatic nitrogens is 1. The molecule has 0 spiro atoms. The van der Waals surface area contributed by atoms with Crippen molar-refractivity contribution in [2.24, 2.45) is 5.73 Å². The first-order valence-corrected chi connectivity index (χ1v) is 6.67. The highest BCUT2D eigenvalue weighted by Gasteiger charge is 2.25. The number of hydrogen-bond donors (Lipinski definition) is 2. The number of aliphatic hydroxyl groups is 1. The molecule has 0 aromatic carbocycles. The van der Waals surface area contributed by atoms with E-state index in [1.165, 1.54) is 6.20 Å². The van der Waals surface area contributed by atoms with Gasteiger partial charge >= 0.3 is 5.97 Å². The number of carbonyl (C=O) groups excluding carboxylic acids is 1. The van der Waals surface area contributed by atoms with Crippen LogP contribution in [-0.2, 0) is 9.53 Å². The molecule has 0 saturated carbocycles. The molecule has 20 heavy (non-hydrogen) atoms. The summed E-state index contributed by atoms with van der Waals surface area (Å²) in [5.41, 5.74) is 6.15. The predicted octanol–water partition coefficient (Wildman–Crippen LogP) is 0.850. The first kappa shape index (κ1) is 16.4. The van der Waals surface area contributed by atoms with E-state index >= 15 is 0 Å². The summed E-state index contributed by atoms with van der Waals surface area (Å²) in [5.74, 6) is 0.170. The number of rotatable bonds is 6. The molecule has 3 N–H and O–H groups in total. The number of aliphatic hydroxyl groups excluding tert-OH is 1. The number of esters is 1. The van der Waals surface area contributed by atoms with E-state index in [0.717, 1.165) is 5.82 Å². The first-order chi connectivity index (χ1) is 9.38. The lowest BCUT2D eigenvalue weighted by Crippen LogP contribution is -2.38. The Morgan fingerprint density at radius 2 is 2.15 bits per heavy atom. The Morgan fingerprint density at radius 3 is 2.60 bits per heavy atom. The highest BCUT2D eigenvalue weighted by atomic mass is 16.5. The Bertz CT molecular complexity index is 434. The van der Waals surface area contributed by atoms with Crippen LogP contribution in [-0.4, -0.2) is 41.8 Å². The average molecular weight is 281 g/mol. The molecule has 0 amide bonds. The number of pyridine rings is 1. The van der Waals surface area contributed by atoms with Crippen LogP contribution < -0.4 is 10.6 Å². The zero-order valence-electron chi connectivity index (χ0n) is 12.4. The van der Waals surface area contributed by atoms with Gasteiger partial charge < -0.3 is 20.5 Å². The first-order valence-electron chi connectivity index (χ1n) is 6.67. The second kappa shape index (κ2) is 7.21. The number of nitrogens with zero attached hydrogens (tertiary/aromatic N) is 2. The van der Waals surface area contributed by atoms with Gasteiger partial charge in [0, 0.05) is 24.8 Å². The minimum absolute atomic E-state index is 0.232. The lowest BCUT2D eigenvalue weighted by molar-refractivity contribution is -0.147. The highest BCUT2D eigenvalue weighted by Crippen LogP contribution is 2.19. The Balaban J connectivity index is 2.80. The molecule has 1 rings (SSSR count). The smallest absolute Gasteiger partial charge is 0.325 e. The van der Waals surface area contributed by atoms with Crippen LogP contribution in [0, 0.1) is 0 Å². The summed E-state index contributed by atoms with van der Waals surface area (Å²) in [5, 5.41) is 10.0. The molecule has 6 heteroatoms. The molecular weight excluding hydrogens is 258 g/mol. The van der Waals surface area contributed by atoms with Crippen LogP contribution in [0.4, 0.5) is 5.82 Å². The summed E-state index contributed by atoms with van der Waals surface area (Å²) in [4.78, 5) is 17.8. The topological polar surface area (TPSA) is 88.7 Å². The molecule has 0 aliphatic carbocycles. The van der Waals surface area contributed by atoms with Gasteiger partial charge in [-0.3, -0.25) is 4.79 Å². The molecule has 0 fully saturated rings. The zero-order chi connectivity index (χ0) is 15.3. The van der Waals surface area contributed by atoms with Crippen LogP contribution in [0.1, 0.15) is 32.4 Å². The molecule has 2 atom stereocenters. The molecule has 6 nitrogen and oxygen atoms in total. The Hall–Kier alpha value is -1.66. The minimum atomic E-state index is -1.13. The maximum absolute atomic E-state index is 11.5. The largest absolute Gasteiger partial charge is 0.465 e. The second-order valence-electron chi connectivity index (χ2n) is 4.88. The third-order valence-electron chi connectivity index (χ3n) is 3.15. The van der Waals surface area contributed by atoms with Crippen molar-refractivity contribution in [1.29, 1.82) is 0 Å². The molecule has 112 valence electrons. The molecule has 1 heterocycles. The SMILES string of the molecule is CCOC(=O)[C@@H](N)[C@H](O)c1ccc(N(C)C(C)C)nc1. The molecule has 1 aromatic heterocycles. The van der Waals surface area contributed by atoms with Gasteiger partial charge in [0.15, 0.2) is 0 Å². The van der Waals surface area contributed by atoms with Crippen LogP contribution in [0.3, 0.4) is 0 Å². The van der Waals surface area contributed by atoms with Gasteiger partial charge in [-0.05, 0) is 26.8 Å². The van der Waals surface area contributed by atoms with E-state index in [2.05, 4.69) is 18.8 Å². The van der Waals surface area contributed by atoms with Crippen molar-refractivity contribution >= 4 is 11.8 Å². The third-order valence-corrected chi connectivity index (χ3v) is 3.15. The molecule has 0 radical (unpaired) electrons. The van der Waals surface area contributed by atoms with Crippen molar-refractivity contribution in [3.8, 4) is 0 Å². The number of hydrogen-bond acceptors (Lipinski definition) is 6. The summed E-state index contributed by atoms with van der Waals surface area (Å²) in [6.45, 7) is 6.03. The number of ether oxygens (including phenoxy) is 1. The van der Waals surface area contributed by atoms with E-state index in [-0.39, 0.29) is 6.61 Å². The van der Waals surface area contributed by atoms with Crippen LogP contribution >= 0.6 is 0 Å². The Morgan fingerprint density at radius 1 is 1.50 bits per heavy atom. The van der Waals surface area contributed by atoms with Gasteiger partial charge in [-0.15, -0.1) is 0 Å². The van der Waals surface area contributed by atoms with Gasteiger partial charge in [0.05, 0.1) is 6.61 Å². The van der Waals surface area contributed by atoms with E-state index in [4.69, 9.17) is 10.5 Å². The molecule has 0 saturated heterocycles. The lowest BCUT2D eigenvalue weighted by atomic mass is 10.1. The summed E-state index contributed by atoms with van der Waals surface area (Å²) < 4.78 is 4.79. The summed E-state index contributed by atoms with van der Waals surface area (Å²) in [7, 11) is 1.94. The molecule has 0 aliphatic rings. The molecule has 0 bridgehead atoms. The monoisotopic (exact) mass is 281 g/mol. The summed E-state index contributed by atoms with van der Waals surface area (Å²) in [6, 6.07) is 2.71. The zero-order valence-corrected chi connectivity index (χ0v) is 12.4. The van der Waals surface area contributed by atoms with E-state index in [9.17, 15) is 9.90 Å².